The van der Waals surface area contributed by atoms with E-state index in [2.05, 4.69) is 4.98 Å². The molecule has 0 spiro atoms. The van der Waals surface area contributed by atoms with Gasteiger partial charge in [-0.05, 0) is 38.6 Å². The van der Waals surface area contributed by atoms with Gasteiger partial charge in [-0.25, -0.2) is 4.79 Å². The van der Waals surface area contributed by atoms with E-state index < -0.39 is 17.3 Å². The largest absolute Gasteiger partial charge is 0.480 e. The topological polar surface area (TPSA) is 86.5 Å². The van der Waals surface area contributed by atoms with Crippen molar-refractivity contribution in [3.63, 3.8) is 0 Å². The first-order valence-corrected chi connectivity index (χ1v) is 5.87. The van der Waals surface area contributed by atoms with Crippen LogP contribution in [-0.4, -0.2) is 33.5 Å². The third-order valence-corrected chi connectivity index (χ3v) is 3.38. The summed E-state index contributed by atoms with van der Waals surface area (Å²) in [7, 11) is 1.75. The highest BCUT2D eigenvalue weighted by atomic mass is 16.4. The van der Waals surface area contributed by atoms with Gasteiger partial charge in [-0.3, -0.25) is 14.7 Å². The van der Waals surface area contributed by atoms with E-state index in [0.29, 0.717) is 17.6 Å². The molecule has 6 nitrogen and oxygen atoms in total. The third kappa shape index (κ3) is 2.53. The second-order valence-corrected chi connectivity index (χ2v) is 5.07. The van der Waals surface area contributed by atoms with Crippen LogP contribution < -0.4 is 5.76 Å². The summed E-state index contributed by atoms with van der Waals surface area (Å²) in [4.78, 5) is 26.5. The standard InChI is InChI=1S/C13H16N2O4/c1-13(2,11(16)17)15(3)7-8-4-5-10-9(6-8)14-12(18)19-10/h4-6H,7H2,1-3H3,(H,14,18)(H,16,17). The van der Waals surface area contributed by atoms with Crippen molar-refractivity contribution in [2.75, 3.05) is 7.05 Å². The number of H-pyrrole nitrogens is 1. The van der Waals surface area contributed by atoms with Gasteiger partial charge in [0.1, 0.15) is 5.54 Å². The number of likely N-dealkylation sites (N-methyl/N-ethyl adjacent to an activating group) is 1. The number of hydrogen-bond donors (Lipinski definition) is 2. The Hall–Kier alpha value is -2.08. The lowest BCUT2D eigenvalue weighted by atomic mass is 10.0. The van der Waals surface area contributed by atoms with E-state index in [9.17, 15) is 9.59 Å². The molecule has 1 aromatic carbocycles. The van der Waals surface area contributed by atoms with Gasteiger partial charge < -0.3 is 9.52 Å². The number of oxazole rings is 1. The van der Waals surface area contributed by atoms with Crippen molar-refractivity contribution in [1.82, 2.24) is 9.88 Å². The number of carboxylic acid groups (broad SMARTS) is 1. The first kappa shape index (κ1) is 13.4. The highest BCUT2D eigenvalue weighted by Gasteiger charge is 2.31. The molecule has 102 valence electrons. The molecule has 2 N–H and O–H groups in total. The van der Waals surface area contributed by atoms with Crippen molar-refractivity contribution in [2.45, 2.75) is 25.9 Å². The van der Waals surface area contributed by atoms with E-state index in [1.165, 1.54) is 0 Å². The molecule has 0 amide bonds. The molecule has 6 heteroatoms. The van der Waals surface area contributed by atoms with Crippen LogP contribution in [0.5, 0.6) is 0 Å². The zero-order chi connectivity index (χ0) is 14.2. The average molecular weight is 264 g/mol. The number of aliphatic carboxylic acids is 1. The number of nitrogens with one attached hydrogen (secondary N) is 1. The molecule has 0 fully saturated rings. The Kier molecular flexibility index (Phi) is 3.20. The number of carboxylic acids is 1. The molecule has 0 bridgehead atoms. The summed E-state index contributed by atoms with van der Waals surface area (Å²) in [5, 5.41) is 9.16. The monoisotopic (exact) mass is 264 g/mol. The Bertz CT molecular complexity index is 669. The van der Waals surface area contributed by atoms with Gasteiger partial charge in [-0.1, -0.05) is 6.07 Å². The first-order chi connectivity index (χ1) is 8.80. The fourth-order valence-electron chi connectivity index (χ4n) is 1.73. The highest BCUT2D eigenvalue weighted by Crippen LogP contribution is 2.18. The summed E-state index contributed by atoms with van der Waals surface area (Å²) in [6.07, 6.45) is 0. The van der Waals surface area contributed by atoms with E-state index in [4.69, 9.17) is 9.52 Å². The van der Waals surface area contributed by atoms with Crippen LogP contribution in [0, 0.1) is 0 Å². The molecule has 0 saturated carbocycles. The molecule has 0 unspecified atom stereocenters. The summed E-state index contributed by atoms with van der Waals surface area (Å²) in [6.45, 7) is 3.75. The van der Waals surface area contributed by atoms with Crippen molar-refractivity contribution in [1.29, 1.82) is 0 Å². The number of hydrogen-bond acceptors (Lipinski definition) is 4. The zero-order valence-corrected chi connectivity index (χ0v) is 11.1. The summed E-state index contributed by atoms with van der Waals surface area (Å²) >= 11 is 0. The van der Waals surface area contributed by atoms with Gasteiger partial charge in [0.15, 0.2) is 5.58 Å². The first-order valence-electron chi connectivity index (χ1n) is 5.87. The normalized spacial score (nSPS) is 12.2. The lowest BCUT2D eigenvalue weighted by Crippen LogP contribution is -2.47. The lowest BCUT2D eigenvalue weighted by molar-refractivity contribution is -0.148. The van der Waals surface area contributed by atoms with Crippen LogP contribution in [0.3, 0.4) is 0 Å². The second-order valence-electron chi connectivity index (χ2n) is 5.07. The molecule has 0 radical (unpaired) electrons. The Morgan fingerprint density at radius 2 is 2.16 bits per heavy atom. The van der Waals surface area contributed by atoms with Crippen molar-refractivity contribution < 1.29 is 14.3 Å². The fourth-order valence-corrected chi connectivity index (χ4v) is 1.73. The highest BCUT2D eigenvalue weighted by molar-refractivity contribution is 5.77. The lowest BCUT2D eigenvalue weighted by Gasteiger charge is -2.31. The third-order valence-electron chi connectivity index (χ3n) is 3.38. The molecular weight excluding hydrogens is 248 g/mol. The van der Waals surface area contributed by atoms with Crippen molar-refractivity contribution in [3.8, 4) is 0 Å². The minimum Gasteiger partial charge on any atom is -0.480 e. The van der Waals surface area contributed by atoms with Crippen LogP contribution in [0.25, 0.3) is 11.1 Å². The van der Waals surface area contributed by atoms with Crippen LogP contribution >= 0.6 is 0 Å². The Morgan fingerprint density at radius 1 is 1.47 bits per heavy atom. The minimum absolute atomic E-state index is 0.461. The van der Waals surface area contributed by atoms with Crippen LogP contribution in [0.2, 0.25) is 0 Å². The second kappa shape index (κ2) is 4.55. The maximum Gasteiger partial charge on any atom is 0.417 e. The molecule has 1 aromatic heterocycles. The van der Waals surface area contributed by atoms with Gasteiger partial charge in [0.2, 0.25) is 0 Å². The molecule has 19 heavy (non-hydrogen) atoms. The zero-order valence-electron chi connectivity index (χ0n) is 11.1. The van der Waals surface area contributed by atoms with E-state index >= 15 is 0 Å². The maximum absolute atomic E-state index is 11.2. The van der Waals surface area contributed by atoms with Gasteiger partial charge in [-0.2, -0.15) is 0 Å². The summed E-state index contributed by atoms with van der Waals surface area (Å²) in [6, 6.07) is 5.30. The number of nitrogens with zero attached hydrogens (tertiary/aromatic N) is 1. The quantitative estimate of drug-likeness (QED) is 0.872. The molecule has 0 saturated heterocycles. The van der Waals surface area contributed by atoms with E-state index in [1.54, 1.807) is 37.9 Å². The Balaban J connectivity index is 2.26. The molecule has 0 aliphatic heterocycles. The predicted octanol–water partition coefficient (Wildman–Crippen LogP) is 1.42. The molecule has 0 aliphatic rings. The van der Waals surface area contributed by atoms with Gasteiger partial charge in [-0.15, -0.1) is 0 Å². The fraction of sp³-hybridized carbons (Fsp3) is 0.385. The smallest absolute Gasteiger partial charge is 0.417 e. The van der Waals surface area contributed by atoms with E-state index in [0.717, 1.165) is 5.56 Å². The summed E-state index contributed by atoms with van der Waals surface area (Å²) in [5.41, 5.74) is 1.05. The van der Waals surface area contributed by atoms with E-state index in [1.807, 2.05) is 6.07 Å². The summed E-state index contributed by atoms with van der Waals surface area (Å²) < 4.78 is 4.91. The summed E-state index contributed by atoms with van der Waals surface area (Å²) in [5.74, 6) is -1.38. The van der Waals surface area contributed by atoms with Crippen molar-refractivity contribution in [2.24, 2.45) is 0 Å². The molecular formula is C13H16N2O4. The number of rotatable bonds is 4. The number of benzene rings is 1. The van der Waals surface area contributed by atoms with E-state index in [-0.39, 0.29) is 0 Å². The number of aromatic nitrogens is 1. The van der Waals surface area contributed by atoms with Gasteiger partial charge in [0, 0.05) is 6.54 Å². The molecule has 1 heterocycles. The molecule has 2 rings (SSSR count). The minimum atomic E-state index is -0.960. The molecule has 2 aromatic rings. The van der Waals surface area contributed by atoms with Gasteiger partial charge in [0.25, 0.3) is 0 Å². The van der Waals surface area contributed by atoms with Crippen molar-refractivity contribution in [3.05, 3.63) is 34.3 Å². The SMILES string of the molecule is CN(Cc1ccc2oc(=O)[nH]c2c1)C(C)(C)C(=O)O. The number of fused-ring (bicyclic) bond motifs is 1. The van der Waals surface area contributed by atoms with Crippen LogP contribution in [-0.2, 0) is 11.3 Å². The van der Waals surface area contributed by atoms with Gasteiger partial charge >= 0.3 is 11.7 Å². The van der Waals surface area contributed by atoms with Crippen LogP contribution in [0.4, 0.5) is 0 Å². The van der Waals surface area contributed by atoms with Crippen LogP contribution in [0.1, 0.15) is 19.4 Å². The average Bonchev–Trinajstić information content (AvgIpc) is 2.68. The molecule has 0 atom stereocenters. The Labute approximate surface area is 109 Å². The maximum atomic E-state index is 11.2. The number of carbonyl (C=O) groups is 1. The van der Waals surface area contributed by atoms with Crippen LogP contribution in [0.15, 0.2) is 27.4 Å². The van der Waals surface area contributed by atoms with Crippen molar-refractivity contribution >= 4 is 17.1 Å². The van der Waals surface area contributed by atoms with Gasteiger partial charge in [0.05, 0.1) is 5.52 Å². The molecule has 0 aliphatic carbocycles. The Morgan fingerprint density at radius 3 is 2.79 bits per heavy atom. The number of aromatic amines is 1. The predicted molar refractivity (Wildman–Crippen MR) is 70.0 cm³/mol.